The Labute approximate surface area is 147 Å². The summed E-state index contributed by atoms with van der Waals surface area (Å²) in [5.41, 5.74) is 0.772. The molecular formula is C19H25N3O3. The van der Waals surface area contributed by atoms with Crippen LogP contribution in [0, 0.1) is 5.92 Å². The molecule has 0 aliphatic heterocycles. The molecule has 0 aromatic carbocycles. The maximum absolute atomic E-state index is 11.2. The molecule has 6 nitrogen and oxygen atoms in total. The van der Waals surface area contributed by atoms with Crippen molar-refractivity contribution < 1.29 is 14.4 Å². The lowest BCUT2D eigenvalue weighted by Crippen LogP contribution is -2.09. The van der Waals surface area contributed by atoms with Crippen LogP contribution >= 0.6 is 0 Å². The first-order valence-corrected chi connectivity index (χ1v) is 9.18. The van der Waals surface area contributed by atoms with Gasteiger partial charge in [0.25, 0.3) is 0 Å². The summed E-state index contributed by atoms with van der Waals surface area (Å²) in [4.78, 5) is 19.7. The van der Waals surface area contributed by atoms with Crippen LogP contribution < -0.4 is 0 Å². The number of carboxylic acid groups (broad SMARTS) is 1. The van der Waals surface area contributed by atoms with Crippen molar-refractivity contribution in [2.45, 2.75) is 63.7 Å². The standard InChI is InChI=1S/C19H25N3O3/c23-17(24)12-15(9-4-8-14-6-2-1-3-7-14)19-21-18(22-25-19)16-10-5-11-20-13-16/h5,10-11,13-15H,1-4,6-9,12H2,(H,23,24)/t15-/m1/s1. The molecule has 6 heteroatoms. The average Bonchev–Trinajstić information content (AvgIpc) is 3.12. The molecule has 0 spiro atoms. The molecular weight excluding hydrogens is 318 g/mol. The summed E-state index contributed by atoms with van der Waals surface area (Å²) >= 11 is 0. The van der Waals surface area contributed by atoms with Gasteiger partial charge in [-0.1, -0.05) is 50.1 Å². The number of hydrogen-bond acceptors (Lipinski definition) is 5. The smallest absolute Gasteiger partial charge is 0.304 e. The Morgan fingerprint density at radius 1 is 1.32 bits per heavy atom. The average molecular weight is 343 g/mol. The summed E-state index contributed by atoms with van der Waals surface area (Å²) in [5, 5.41) is 13.2. The van der Waals surface area contributed by atoms with E-state index >= 15 is 0 Å². The van der Waals surface area contributed by atoms with E-state index in [0.717, 1.165) is 24.3 Å². The third-order valence-corrected chi connectivity index (χ3v) is 5.02. The highest BCUT2D eigenvalue weighted by Gasteiger charge is 2.23. The molecule has 1 N–H and O–H groups in total. The lowest BCUT2D eigenvalue weighted by atomic mass is 9.84. The molecule has 0 amide bonds. The van der Waals surface area contributed by atoms with E-state index in [1.807, 2.05) is 12.1 Å². The number of hydrogen-bond donors (Lipinski definition) is 1. The van der Waals surface area contributed by atoms with E-state index in [2.05, 4.69) is 15.1 Å². The zero-order valence-corrected chi connectivity index (χ0v) is 14.4. The number of rotatable bonds is 8. The summed E-state index contributed by atoms with van der Waals surface area (Å²) in [6.07, 6.45) is 13.0. The van der Waals surface area contributed by atoms with Crippen molar-refractivity contribution in [1.82, 2.24) is 15.1 Å². The zero-order chi connectivity index (χ0) is 17.5. The van der Waals surface area contributed by atoms with Gasteiger partial charge in [0.05, 0.1) is 6.42 Å². The second-order valence-electron chi connectivity index (χ2n) is 6.93. The van der Waals surface area contributed by atoms with Crippen LogP contribution in [0.1, 0.15) is 69.6 Å². The quantitative estimate of drug-likeness (QED) is 0.762. The van der Waals surface area contributed by atoms with Gasteiger partial charge < -0.3 is 9.63 Å². The van der Waals surface area contributed by atoms with Crippen LogP contribution in [-0.2, 0) is 4.79 Å². The third kappa shape index (κ3) is 5.11. The molecule has 0 radical (unpaired) electrons. The van der Waals surface area contributed by atoms with Gasteiger partial charge >= 0.3 is 5.97 Å². The van der Waals surface area contributed by atoms with Crippen molar-refractivity contribution in [2.75, 3.05) is 0 Å². The summed E-state index contributed by atoms with van der Waals surface area (Å²) in [6.45, 7) is 0. The van der Waals surface area contributed by atoms with Crippen LogP contribution in [0.5, 0.6) is 0 Å². The van der Waals surface area contributed by atoms with E-state index in [1.165, 1.54) is 38.5 Å². The molecule has 1 fully saturated rings. The van der Waals surface area contributed by atoms with Crippen molar-refractivity contribution in [3.05, 3.63) is 30.4 Å². The van der Waals surface area contributed by atoms with E-state index in [0.29, 0.717) is 11.7 Å². The minimum absolute atomic E-state index is 0.0271. The van der Waals surface area contributed by atoms with E-state index in [-0.39, 0.29) is 12.3 Å². The summed E-state index contributed by atoms with van der Waals surface area (Å²) in [5.74, 6) is 0.631. The fourth-order valence-electron chi connectivity index (χ4n) is 3.67. The minimum Gasteiger partial charge on any atom is -0.481 e. The Bertz CT molecular complexity index is 666. The molecule has 1 atom stereocenters. The topological polar surface area (TPSA) is 89.1 Å². The molecule has 25 heavy (non-hydrogen) atoms. The van der Waals surface area contributed by atoms with Gasteiger partial charge in [0.2, 0.25) is 11.7 Å². The van der Waals surface area contributed by atoms with Crippen LogP contribution in [0.15, 0.2) is 29.0 Å². The third-order valence-electron chi connectivity index (χ3n) is 5.02. The molecule has 0 unspecified atom stereocenters. The first kappa shape index (κ1) is 17.6. The SMILES string of the molecule is O=C(O)C[C@@H](CCCC1CCCCC1)c1nc(-c2cccnc2)no1. The van der Waals surface area contributed by atoms with E-state index in [4.69, 9.17) is 4.52 Å². The van der Waals surface area contributed by atoms with Crippen LogP contribution in [0.4, 0.5) is 0 Å². The van der Waals surface area contributed by atoms with E-state index in [1.54, 1.807) is 12.4 Å². The second-order valence-corrected chi connectivity index (χ2v) is 6.93. The molecule has 134 valence electrons. The van der Waals surface area contributed by atoms with Crippen molar-refractivity contribution in [2.24, 2.45) is 5.92 Å². The van der Waals surface area contributed by atoms with Gasteiger partial charge in [-0.25, -0.2) is 0 Å². The molecule has 0 bridgehead atoms. The monoisotopic (exact) mass is 343 g/mol. The predicted octanol–water partition coefficient (Wildman–Crippen LogP) is 4.44. The number of pyridine rings is 1. The van der Waals surface area contributed by atoms with Crippen LogP contribution in [-0.4, -0.2) is 26.2 Å². The molecule has 0 saturated heterocycles. The molecule has 1 saturated carbocycles. The maximum atomic E-state index is 11.2. The van der Waals surface area contributed by atoms with Gasteiger partial charge in [-0.05, 0) is 24.5 Å². The summed E-state index contributed by atoms with van der Waals surface area (Å²) < 4.78 is 5.37. The lowest BCUT2D eigenvalue weighted by Gasteiger charge is -2.21. The zero-order valence-electron chi connectivity index (χ0n) is 14.4. The van der Waals surface area contributed by atoms with E-state index < -0.39 is 5.97 Å². The fourth-order valence-corrected chi connectivity index (χ4v) is 3.67. The second kappa shape index (κ2) is 8.74. The van der Waals surface area contributed by atoms with Crippen LogP contribution in [0.25, 0.3) is 11.4 Å². The van der Waals surface area contributed by atoms with E-state index in [9.17, 15) is 9.90 Å². The Morgan fingerprint density at radius 3 is 2.88 bits per heavy atom. The van der Waals surface area contributed by atoms with Gasteiger partial charge in [0, 0.05) is 23.9 Å². The number of nitrogens with zero attached hydrogens (tertiary/aromatic N) is 3. The number of carbonyl (C=O) groups is 1. The normalized spacial score (nSPS) is 16.6. The Morgan fingerprint density at radius 2 is 2.16 bits per heavy atom. The number of aliphatic carboxylic acids is 1. The van der Waals surface area contributed by atoms with Crippen LogP contribution in [0.3, 0.4) is 0 Å². The van der Waals surface area contributed by atoms with Crippen molar-refractivity contribution in [1.29, 1.82) is 0 Å². The Hall–Kier alpha value is -2.24. The van der Waals surface area contributed by atoms with Gasteiger partial charge in [0.15, 0.2) is 0 Å². The molecule has 3 rings (SSSR count). The molecule has 2 aromatic heterocycles. The summed E-state index contributed by atoms with van der Waals surface area (Å²) in [6, 6.07) is 3.67. The van der Waals surface area contributed by atoms with Crippen LogP contribution in [0.2, 0.25) is 0 Å². The number of carboxylic acids is 1. The lowest BCUT2D eigenvalue weighted by molar-refractivity contribution is -0.137. The van der Waals surface area contributed by atoms with Gasteiger partial charge in [-0.3, -0.25) is 9.78 Å². The fraction of sp³-hybridized carbons (Fsp3) is 0.579. The predicted molar refractivity (Wildman–Crippen MR) is 92.9 cm³/mol. The summed E-state index contributed by atoms with van der Waals surface area (Å²) in [7, 11) is 0. The maximum Gasteiger partial charge on any atom is 0.304 e. The van der Waals surface area contributed by atoms with Gasteiger partial charge in [-0.2, -0.15) is 4.98 Å². The Balaban J connectivity index is 1.62. The van der Waals surface area contributed by atoms with Gasteiger partial charge in [0.1, 0.15) is 0 Å². The molecule has 2 heterocycles. The van der Waals surface area contributed by atoms with Crippen molar-refractivity contribution >= 4 is 5.97 Å². The highest BCUT2D eigenvalue weighted by atomic mass is 16.5. The Kier molecular flexibility index (Phi) is 6.14. The number of aromatic nitrogens is 3. The molecule has 1 aliphatic carbocycles. The largest absolute Gasteiger partial charge is 0.481 e. The van der Waals surface area contributed by atoms with Crippen molar-refractivity contribution in [3.63, 3.8) is 0 Å². The highest BCUT2D eigenvalue weighted by Crippen LogP contribution is 2.31. The first-order valence-electron chi connectivity index (χ1n) is 9.18. The first-order chi connectivity index (χ1) is 12.2. The van der Waals surface area contributed by atoms with Crippen molar-refractivity contribution in [3.8, 4) is 11.4 Å². The molecule has 2 aromatic rings. The highest BCUT2D eigenvalue weighted by molar-refractivity contribution is 5.67. The molecule has 1 aliphatic rings. The van der Waals surface area contributed by atoms with Gasteiger partial charge in [-0.15, -0.1) is 0 Å². The minimum atomic E-state index is -0.830.